The van der Waals surface area contributed by atoms with Crippen molar-refractivity contribution in [3.05, 3.63) is 65.2 Å². The zero-order valence-electron chi connectivity index (χ0n) is 15.1. The number of fused-ring (bicyclic) bond motifs is 1. The number of hydrogen-bond donors (Lipinski definition) is 2. The van der Waals surface area contributed by atoms with E-state index in [9.17, 15) is 8.42 Å². The molecule has 0 saturated heterocycles. The van der Waals surface area contributed by atoms with E-state index in [4.69, 9.17) is 0 Å². The van der Waals surface area contributed by atoms with Crippen LogP contribution in [0.25, 0.3) is 0 Å². The maximum absolute atomic E-state index is 11.2. The van der Waals surface area contributed by atoms with Crippen LogP contribution < -0.4 is 10.0 Å². The molecule has 0 fully saturated rings. The number of benzene rings is 2. The monoisotopic (exact) mass is 394 g/mol. The van der Waals surface area contributed by atoms with E-state index in [-0.39, 0.29) is 12.4 Å². The van der Waals surface area contributed by atoms with E-state index in [1.807, 2.05) is 24.3 Å². The van der Waals surface area contributed by atoms with Crippen LogP contribution in [0.2, 0.25) is 0 Å². The number of anilines is 1. The Bertz CT molecular complexity index is 807. The van der Waals surface area contributed by atoms with Gasteiger partial charge in [0.15, 0.2) is 0 Å². The third-order valence-corrected chi connectivity index (χ3v) is 5.34. The van der Waals surface area contributed by atoms with E-state index in [0.29, 0.717) is 5.69 Å². The second kappa shape index (κ2) is 9.40. The lowest BCUT2D eigenvalue weighted by atomic mass is 9.84. The molecule has 0 aliphatic heterocycles. The van der Waals surface area contributed by atoms with Gasteiger partial charge in [-0.05, 0) is 73.5 Å². The van der Waals surface area contributed by atoms with Crippen LogP contribution in [0.5, 0.6) is 0 Å². The molecule has 1 unspecified atom stereocenters. The molecule has 1 aliphatic carbocycles. The number of aryl methyl sites for hydroxylation is 1. The fourth-order valence-electron chi connectivity index (χ4n) is 3.44. The fourth-order valence-corrected chi connectivity index (χ4v) is 4.00. The summed E-state index contributed by atoms with van der Waals surface area (Å²) in [5.74, 6) is 0.719. The lowest BCUT2D eigenvalue weighted by molar-refractivity contribution is 0.426. The average Bonchev–Trinajstić information content (AvgIpc) is 2.59. The standard InChI is InChI=1S/C20H26N2O2S.ClH/c1-25(23,24)22-20-10-7-16(8-11-20)12-13-21-15-17-6-9-18-4-2-3-5-19(18)14-17;/h2-5,7-8,10-11,17,21-22H,6,9,12-15H2,1H3;1H. The normalized spacial score (nSPS) is 16.4. The number of halogens is 1. The van der Waals surface area contributed by atoms with Crippen LogP contribution in [-0.4, -0.2) is 27.8 Å². The average molecular weight is 395 g/mol. The topological polar surface area (TPSA) is 58.2 Å². The van der Waals surface area contributed by atoms with Crippen LogP contribution in [0.4, 0.5) is 5.69 Å². The number of sulfonamides is 1. The zero-order valence-corrected chi connectivity index (χ0v) is 16.7. The first-order valence-electron chi connectivity index (χ1n) is 8.84. The van der Waals surface area contributed by atoms with Crippen molar-refractivity contribution < 1.29 is 8.42 Å². The highest BCUT2D eigenvalue weighted by molar-refractivity contribution is 7.92. The first kappa shape index (κ1) is 20.7. The second-order valence-corrected chi connectivity index (χ2v) is 8.65. The summed E-state index contributed by atoms with van der Waals surface area (Å²) in [6, 6.07) is 16.4. The minimum absolute atomic E-state index is 0. The van der Waals surface area contributed by atoms with Crippen molar-refractivity contribution in [3.63, 3.8) is 0 Å². The molecule has 1 atom stereocenters. The molecule has 4 nitrogen and oxygen atoms in total. The van der Waals surface area contributed by atoms with Gasteiger partial charge in [-0.3, -0.25) is 4.72 Å². The molecule has 0 bridgehead atoms. The molecule has 0 heterocycles. The number of hydrogen-bond acceptors (Lipinski definition) is 3. The van der Waals surface area contributed by atoms with Gasteiger partial charge in [-0.1, -0.05) is 36.4 Å². The Labute approximate surface area is 162 Å². The maximum atomic E-state index is 11.2. The third-order valence-electron chi connectivity index (χ3n) is 4.73. The molecule has 1 aliphatic rings. The third kappa shape index (κ3) is 6.31. The summed E-state index contributed by atoms with van der Waals surface area (Å²) in [6.45, 7) is 2.00. The van der Waals surface area contributed by atoms with E-state index >= 15 is 0 Å². The molecule has 0 spiro atoms. The minimum Gasteiger partial charge on any atom is -0.316 e. The highest BCUT2D eigenvalue weighted by Gasteiger charge is 2.17. The molecule has 2 aromatic carbocycles. The Kier molecular flexibility index (Phi) is 7.50. The molecule has 0 aromatic heterocycles. The van der Waals surface area contributed by atoms with Gasteiger partial charge >= 0.3 is 0 Å². The SMILES string of the molecule is CS(=O)(=O)Nc1ccc(CCNCC2CCc3ccccc3C2)cc1.Cl. The second-order valence-electron chi connectivity index (χ2n) is 6.90. The van der Waals surface area contributed by atoms with Gasteiger partial charge in [-0.25, -0.2) is 8.42 Å². The Morgan fingerprint density at radius 1 is 1.04 bits per heavy atom. The molecular formula is C20H27ClN2O2S. The van der Waals surface area contributed by atoms with Gasteiger partial charge in [0.05, 0.1) is 6.26 Å². The molecule has 26 heavy (non-hydrogen) atoms. The molecule has 0 amide bonds. The molecule has 6 heteroatoms. The van der Waals surface area contributed by atoms with Gasteiger partial charge in [-0.15, -0.1) is 12.4 Å². The summed E-state index contributed by atoms with van der Waals surface area (Å²) in [5.41, 5.74) is 4.84. The van der Waals surface area contributed by atoms with Crippen molar-refractivity contribution in [2.24, 2.45) is 5.92 Å². The van der Waals surface area contributed by atoms with Crippen LogP contribution in [0.3, 0.4) is 0 Å². The minimum atomic E-state index is -3.21. The van der Waals surface area contributed by atoms with Crippen LogP contribution >= 0.6 is 12.4 Å². The van der Waals surface area contributed by atoms with E-state index in [1.54, 1.807) is 0 Å². The smallest absolute Gasteiger partial charge is 0.229 e. The predicted molar refractivity (Wildman–Crippen MR) is 111 cm³/mol. The molecule has 0 saturated carbocycles. The van der Waals surface area contributed by atoms with Crippen LogP contribution in [-0.2, 0) is 29.3 Å². The van der Waals surface area contributed by atoms with Gasteiger partial charge in [-0.2, -0.15) is 0 Å². The Morgan fingerprint density at radius 3 is 2.42 bits per heavy atom. The first-order valence-corrected chi connectivity index (χ1v) is 10.7. The summed E-state index contributed by atoms with van der Waals surface area (Å²) in [6.07, 6.45) is 5.74. The van der Waals surface area contributed by atoms with Crippen molar-refractivity contribution in [1.82, 2.24) is 5.32 Å². The highest BCUT2D eigenvalue weighted by Crippen LogP contribution is 2.24. The lowest BCUT2D eigenvalue weighted by Gasteiger charge is -2.24. The Hall–Kier alpha value is -1.56. The lowest BCUT2D eigenvalue weighted by Crippen LogP contribution is -2.28. The Balaban J connectivity index is 0.00000243. The Morgan fingerprint density at radius 2 is 1.73 bits per heavy atom. The number of rotatable bonds is 7. The largest absolute Gasteiger partial charge is 0.316 e. The predicted octanol–water partition coefficient (Wildman–Crippen LogP) is 3.42. The van der Waals surface area contributed by atoms with E-state index in [0.717, 1.165) is 31.7 Å². The van der Waals surface area contributed by atoms with Gasteiger partial charge in [0.25, 0.3) is 0 Å². The molecule has 0 radical (unpaired) electrons. The van der Waals surface area contributed by atoms with Gasteiger partial charge in [0.1, 0.15) is 0 Å². The van der Waals surface area contributed by atoms with Gasteiger partial charge < -0.3 is 5.32 Å². The summed E-state index contributed by atoms with van der Waals surface area (Å²) in [4.78, 5) is 0. The van der Waals surface area contributed by atoms with Crippen molar-refractivity contribution in [2.45, 2.75) is 25.7 Å². The number of nitrogens with one attached hydrogen (secondary N) is 2. The van der Waals surface area contributed by atoms with Gasteiger partial charge in [0.2, 0.25) is 10.0 Å². The molecular weight excluding hydrogens is 368 g/mol. The van der Waals surface area contributed by atoms with Crippen LogP contribution in [0, 0.1) is 5.92 Å². The quantitative estimate of drug-likeness (QED) is 0.707. The zero-order chi connectivity index (χ0) is 17.7. The molecule has 2 N–H and O–H groups in total. The molecule has 2 aromatic rings. The van der Waals surface area contributed by atoms with Gasteiger partial charge in [0, 0.05) is 5.69 Å². The molecule has 142 valence electrons. The summed E-state index contributed by atoms with van der Waals surface area (Å²) < 4.78 is 24.9. The summed E-state index contributed by atoms with van der Waals surface area (Å²) in [5, 5.41) is 3.58. The van der Waals surface area contributed by atoms with Crippen molar-refractivity contribution >= 4 is 28.1 Å². The van der Waals surface area contributed by atoms with Crippen LogP contribution in [0.15, 0.2) is 48.5 Å². The van der Waals surface area contributed by atoms with E-state index in [2.05, 4.69) is 34.3 Å². The van der Waals surface area contributed by atoms with Crippen molar-refractivity contribution in [2.75, 3.05) is 24.1 Å². The summed E-state index contributed by atoms with van der Waals surface area (Å²) in [7, 11) is -3.21. The van der Waals surface area contributed by atoms with Crippen LogP contribution in [0.1, 0.15) is 23.1 Å². The molecule has 3 rings (SSSR count). The van der Waals surface area contributed by atoms with E-state index in [1.165, 1.54) is 36.0 Å². The van der Waals surface area contributed by atoms with E-state index < -0.39 is 10.0 Å². The highest BCUT2D eigenvalue weighted by atomic mass is 35.5. The van der Waals surface area contributed by atoms with Crippen molar-refractivity contribution in [3.8, 4) is 0 Å². The fraction of sp³-hybridized carbons (Fsp3) is 0.400. The summed E-state index contributed by atoms with van der Waals surface area (Å²) >= 11 is 0. The first-order chi connectivity index (χ1) is 12.0. The maximum Gasteiger partial charge on any atom is 0.229 e. The van der Waals surface area contributed by atoms with Crippen molar-refractivity contribution in [1.29, 1.82) is 0 Å².